The van der Waals surface area contributed by atoms with Crippen LogP contribution in [0.3, 0.4) is 0 Å². The van der Waals surface area contributed by atoms with Crippen LogP contribution in [0.1, 0.15) is 38.7 Å². The van der Waals surface area contributed by atoms with Gasteiger partial charge in [0.25, 0.3) is 0 Å². The molecule has 0 radical (unpaired) electrons. The van der Waals surface area contributed by atoms with Gasteiger partial charge in [-0.3, -0.25) is 5.32 Å². The van der Waals surface area contributed by atoms with Gasteiger partial charge in [0.2, 0.25) is 0 Å². The van der Waals surface area contributed by atoms with Gasteiger partial charge in [0.1, 0.15) is 5.60 Å². The Balaban J connectivity index is 2.07. The fraction of sp³-hybridized carbons (Fsp3) is 0.533. The van der Waals surface area contributed by atoms with Gasteiger partial charge in [-0.25, -0.2) is 4.79 Å². The van der Waals surface area contributed by atoms with Crippen molar-refractivity contribution >= 4 is 27.7 Å². The van der Waals surface area contributed by atoms with Crippen molar-refractivity contribution in [2.45, 2.75) is 38.7 Å². The summed E-state index contributed by atoms with van der Waals surface area (Å²) in [6.07, 6.45) is 0.686. The van der Waals surface area contributed by atoms with Gasteiger partial charge in [0.15, 0.2) is 0 Å². The highest BCUT2D eigenvalue weighted by molar-refractivity contribution is 9.10. The first kappa shape index (κ1) is 15.3. The van der Waals surface area contributed by atoms with Crippen LogP contribution in [-0.4, -0.2) is 18.2 Å². The van der Waals surface area contributed by atoms with Crippen LogP contribution in [0, 0.1) is 5.92 Å². The zero-order valence-electron chi connectivity index (χ0n) is 12.1. The number of rotatable bonds is 3. The zero-order valence-corrected chi connectivity index (χ0v) is 13.7. The maximum absolute atomic E-state index is 11.8. The Bertz CT molecular complexity index is 511. The smallest absolute Gasteiger partial charge is 0.412 e. The monoisotopic (exact) mass is 340 g/mol. The summed E-state index contributed by atoms with van der Waals surface area (Å²) in [6, 6.07) is 6.02. The van der Waals surface area contributed by atoms with Crippen molar-refractivity contribution in [3.05, 3.63) is 28.2 Å². The summed E-state index contributed by atoms with van der Waals surface area (Å²) < 4.78 is 6.11. The average Bonchev–Trinajstić information content (AvgIpc) is 3.09. The van der Waals surface area contributed by atoms with E-state index in [0.29, 0.717) is 11.8 Å². The highest BCUT2D eigenvalue weighted by atomic mass is 79.9. The topological polar surface area (TPSA) is 64.3 Å². The number of hydrogen-bond donors (Lipinski definition) is 2. The highest BCUT2D eigenvalue weighted by Gasteiger charge is 2.37. The van der Waals surface area contributed by atoms with Gasteiger partial charge in [0.05, 0.1) is 5.69 Å². The molecule has 20 heavy (non-hydrogen) atoms. The summed E-state index contributed by atoms with van der Waals surface area (Å²) in [6.45, 7) is 6.24. The largest absolute Gasteiger partial charge is 0.444 e. The molecule has 1 aromatic rings. The molecule has 4 nitrogen and oxygen atoms in total. The molecular formula is C15H21BrN2O2. The number of amides is 1. The number of benzene rings is 1. The molecule has 0 unspecified atom stereocenters. The van der Waals surface area contributed by atoms with Crippen LogP contribution in [0.2, 0.25) is 0 Å². The first-order valence-corrected chi connectivity index (χ1v) is 7.59. The normalized spacial score (nSPS) is 21.4. The predicted octanol–water partition coefficient (Wildman–Crippen LogP) is 3.86. The standard InChI is InChI=1S/C15H21BrN2O2/c1-15(2,3)20-14(19)18-13-7-9(4-5-12(13)16)11-6-10(11)8-17/h4-5,7,10-11H,6,8,17H2,1-3H3,(H,18,19)/t10-,11-/m0/s1. The van der Waals surface area contributed by atoms with E-state index in [0.717, 1.165) is 23.1 Å². The third kappa shape index (κ3) is 3.96. The first-order valence-electron chi connectivity index (χ1n) is 6.79. The van der Waals surface area contributed by atoms with Gasteiger partial charge in [0, 0.05) is 4.47 Å². The van der Waals surface area contributed by atoms with Crippen molar-refractivity contribution in [1.29, 1.82) is 0 Å². The number of carbonyl (C=O) groups is 1. The fourth-order valence-electron chi connectivity index (χ4n) is 2.20. The molecule has 1 aromatic carbocycles. The molecular weight excluding hydrogens is 320 g/mol. The maximum Gasteiger partial charge on any atom is 0.412 e. The third-order valence-corrected chi connectivity index (χ3v) is 3.97. The number of nitrogens with two attached hydrogens (primary N) is 1. The van der Waals surface area contributed by atoms with Gasteiger partial charge >= 0.3 is 6.09 Å². The van der Waals surface area contributed by atoms with Crippen LogP contribution in [0.15, 0.2) is 22.7 Å². The molecule has 5 heteroatoms. The number of halogens is 1. The number of hydrogen-bond acceptors (Lipinski definition) is 3. The molecule has 1 amide bonds. The van der Waals surface area contributed by atoms with Crippen molar-refractivity contribution in [2.75, 3.05) is 11.9 Å². The van der Waals surface area contributed by atoms with Crippen molar-refractivity contribution in [3.63, 3.8) is 0 Å². The number of nitrogens with one attached hydrogen (secondary N) is 1. The summed E-state index contributed by atoms with van der Waals surface area (Å²) >= 11 is 3.45. The number of ether oxygens (including phenoxy) is 1. The van der Waals surface area contributed by atoms with Crippen molar-refractivity contribution < 1.29 is 9.53 Å². The number of anilines is 1. The van der Waals surface area contributed by atoms with Crippen molar-refractivity contribution in [2.24, 2.45) is 11.7 Å². The summed E-state index contributed by atoms with van der Waals surface area (Å²) in [7, 11) is 0. The van der Waals surface area contributed by atoms with Crippen molar-refractivity contribution in [3.8, 4) is 0 Å². The van der Waals surface area contributed by atoms with Gasteiger partial charge < -0.3 is 10.5 Å². The molecule has 0 saturated heterocycles. The van der Waals surface area contributed by atoms with E-state index in [-0.39, 0.29) is 0 Å². The van der Waals surface area contributed by atoms with E-state index < -0.39 is 11.7 Å². The second-order valence-electron chi connectivity index (χ2n) is 6.20. The minimum Gasteiger partial charge on any atom is -0.444 e. The lowest BCUT2D eigenvalue weighted by molar-refractivity contribution is 0.0636. The second kappa shape index (κ2) is 5.74. The Morgan fingerprint density at radius 1 is 1.50 bits per heavy atom. The van der Waals surface area contributed by atoms with Crippen LogP contribution in [0.5, 0.6) is 0 Å². The molecule has 0 aliphatic heterocycles. The summed E-state index contributed by atoms with van der Waals surface area (Å²) in [5.74, 6) is 1.10. The molecule has 3 N–H and O–H groups in total. The molecule has 2 atom stereocenters. The maximum atomic E-state index is 11.8. The lowest BCUT2D eigenvalue weighted by atomic mass is 10.1. The zero-order chi connectivity index (χ0) is 14.9. The van der Waals surface area contributed by atoms with E-state index >= 15 is 0 Å². The van der Waals surface area contributed by atoms with E-state index in [2.05, 4.69) is 27.3 Å². The van der Waals surface area contributed by atoms with E-state index in [9.17, 15) is 4.79 Å². The quantitative estimate of drug-likeness (QED) is 0.877. The molecule has 1 aliphatic rings. The Labute approximate surface area is 128 Å². The van der Waals surface area contributed by atoms with Crippen LogP contribution in [0.25, 0.3) is 0 Å². The molecule has 1 fully saturated rings. The lowest BCUT2D eigenvalue weighted by Crippen LogP contribution is -2.27. The van der Waals surface area contributed by atoms with Gasteiger partial charge in [-0.05, 0) is 79.2 Å². The Hall–Kier alpha value is -1.07. The van der Waals surface area contributed by atoms with Crippen LogP contribution >= 0.6 is 15.9 Å². The predicted molar refractivity (Wildman–Crippen MR) is 83.9 cm³/mol. The third-order valence-electron chi connectivity index (χ3n) is 3.28. The van der Waals surface area contributed by atoms with E-state index in [1.807, 2.05) is 32.9 Å². The van der Waals surface area contributed by atoms with E-state index in [1.165, 1.54) is 5.56 Å². The molecule has 110 valence electrons. The Kier molecular flexibility index (Phi) is 4.39. The molecule has 0 aromatic heterocycles. The first-order chi connectivity index (χ1) is 9.30. The summed E-state index contributed by atoms with van der Waals surface area (Å²) in [4.78, 5) is 11.8. The fourth-order valence-corrected chi connectivity index (χ4v) is 2.54. The van der Waals surface area contributed by atoms with Gasteiger partial charge in [-0.2, -0.15) is 0 Å². The molecule has 0 heterocycles. The van der Waals surface area contributed by atoms with Crippen LogP contribution < -0.4 is 11.1 Å². The minimum absolute atomic E-state index is 0.443. The summed E-state index contributed by atoms with van der Waals surface area (Å²) in [5.41, 5.74) is 7.13. The SMILES string of the molecule is CC(C)(C)OC(=O)Nc1cc([C@@H]2C[C@H]2CN)ccc1Br. The van der Waals surface area contributed by atoms with Gasteiger partial charge in [-0.15, -0.1) is 0 Å². The lowest BCUT2D eigenvalue weighted by Gasteiger charge is -2.20. The Morgan fingerprint density at radius 3 is 2.75 bits per heavy atom. The molecule has 0 spiro atoms. The second-order valence-corrected chi connectivity index (χ2v) is 7.06. The molecule has 0 bridgehead atoms. The van der Waals surface area contributed by atoms with E-state index in [4.69, 9.17) is 10.5 Å². The van der Waals surface area contributed by atoms with Gasteiger partial charge in [-0.1, -0.05) is 6.07 Å². The molecule has 1 aliphatic carbocycles. The van der Waals surface area contributed by atoms with Crippen LogP contribution in [-0.2, 0) is 4.74 Å². The Morgan fingerprint density at radius 2 is 2.20 bits per heavy atom. The van der Waals surface area contributed by atoms with E-state index in [1.54, 1.807) is 0 Å². The molecule has 2 rings (SSSR count). The number of carbonyl (C=O) groups excluding carboxylic acids is 1. The highest BCUT2D eigenvalue weighted by Crippen LogP contribution is 2.47. The minimum atomic E-state index is -0.505. The van der Waals surface area contributed by atoms with Crippen LogP contribution in [0.4, 0.5) is 10.5 Å². The van der Waals surface area contributed by atoms with Crippen molar-refractivity contribution in [1.82, 2.24) is 0 Å². The average molecular weight is 341 g/mol. The summed E-state index contributed by atoms with van der Waals surface area (Å²) in [5, 5.41) is 2.78. The molecule has 1 saturated carbocycles.